The summed E-state index contributed by atoms with van der Waals surface area (Å²) in [6, 6.07) is 13.3. The largest absolute Gasteiger partial charge is 0.508 e. The van der Waals surface area contributed by atoms with Crippen molar-refractivity contribution in [3.63, 3.8) is 0 Å². The van der Waals surface area contributed by atoms with E-state index in [1.165, 1.54) is 5.56 Å². The fraction of sp³-hybridized carbons (Fsp3) is 0.188. The molecular formula is C16H17N3O. The first-order valence-corrected chi connectivity index (χ1v) is 6.75. The van der Waals surface area contributed by atoms with Gasteiger partial charge in [0, 0.05) is 5.69 Å². The molecule has 3 rings (SSSR count). The van der Waals surface area contributed by atoms with Crippen molar-refractivity contribution >= 4 is 16.7 Å². The number of phenols is 1. The van der Waals surface area contributed by atoms with E-state index in [-0.39, 0.29) is 5.75 Å². The van der Waals surface area contributed by atoms with Crippen molar-refractivity contribution in [1.29, 1.82) is 0 Å². The van der Waals surface area contributed by atoms with Crippen LogP contribution in [0.3, 0.4) is 0 Å². The van der Waals surface area contributed by atoms with Gasteiger partial charge in [0.15, 0.2) is 0 Å². The smallest absolute Gasteiger partial charge is 0.126 e. The molecule has 1 heterocycles. The van der Waals surface area contributed by atoms with Crippen LogP contribution < -0.4 is 5.32 Å². The van der Waals surface area contributed by atoms with Gasteiger partial charge in [0.2, 0.25) is 0 Å². The number of aryl methyl sites for hydroxylation is 1. The summed E-state index contributed by atoms with van der Waals surface area (Å²) in [7, 11) is 0. The lowest BCUT2D eigenvalue weighted by atomic mass is 10.1. The molecule has 0 spiro atoms. The summed E-state index contributed by atoms with van der Waals surface area (Å²) < 4.78 is 0. The van der Waals surface area contributed by atoms with Crippen molar-refractivity contribution in [1.82, 2.24) is 9.97 Å². The molecule has 0 radical (unpaired) electrons. The summed E-state index contributed by atoms with van der Waals surface area (Å²) in [6.45, 7) is 2.77. The van der Waals surface area contributed by atoms with E-state index in [1.54, 1.807) is 12.1 Å². The van der Waals surface area contributed by atoms with Crippen LogP contribution in [0, 0.1) is 0 Å². The number of anilines is 1. The van der Waals surface area contributed by atoms with Gasteiger partial charge in [0.05, 0.1) is 17.6 Å². The summed E-state index contributed by atoms with van der Waals surface area (Å²) in [6.07, 6.45) is 1.02. The van der Waals surface area contributed by atoms with Gasteiger partial charge in [-0.1, -0.05) is 13.0 Å². The molecule has 0 bridgehead atoms. The third kappa shape index (κ3) is 2.59. The lowest BCUT2D eigenvalue weighted by Gasteiger charge is -2.03. The molecule has 0 saturated heterocycles. The normalized spacial score (nSPS) is 10.8. The topological polar surface area (TPSA) is 60.9 Å². The second-order valence-corrected chi connectivity index (χ2v) is 4.79. The van der Waals surface area contributed by atoms with Crippen molar-refractivity contribution in [2.24, 2.45) is 0 Å². The average molecular weight is 267 g/mol. The van der Waals surface area contributed by atoms with E-state index in [9.17, 15) is 5.11 Å². The molecule has 4 nitrogen and oxygen atoms in total. The maximum absolute atomic E-state index is 9.24. The van der Waals surface area contributed by atoms with E-state index in [0.29, 0.717) is 6.54 Å². The highest BCUT2D eigenvalue weighted by molar-refractivity contribution is 5.75. The fourth-order valence-corrected chi connectivity index (χ4v) is 2.18. The minimum atomic E-state index is 0.270. The number of nitrogens with one attached hydrogen (secondary N) is 2. The number of nitrogens with zero attached hydrogens (tertiary/aromatic N) is 1. The highest BCUT2D eigenvalue weighted by Crippen LogP contribution is 2.17. The van der Waals surface area contributed by atoms with Gasteiger partial charge in [-0.25, -0.2) is 4.98 Å². The fourth-order valence-electron chi connectivity index (χ4n) is 2.18. The molecule has 1 aromatic heterocycles. The number of aromatic amines is 1. The van der Waals surface area contributed by atoms with Gasteiger partial charge >= 0.3 is 0 Å². The minimum Gasteiger partial charge on any atom is -0.508 e. The lowest BCUT2D eigenvalue weighted by molar-refractivity contribution is 0.475. The van der Waals surface area contributed by atoms with Crippen LogP contribution in [0.5, 0.6) is 5.75 Å². The Morgan fingerprint density at radius 3 is 2.70 bits per heavy atom. The zero-order chi connectivity index (χ0) is 13.9. The van der Waals surface area contributed by atoms with Crippen molar-refractivity contribution in [3.05, 3.63) is 53.9 Å². The van der Waals surface area contributed by atoms with Crippen molar-refractivity contribution in [2.75, 3.05) is 5.32 Å². The maximum atomic E-state index is 9.24. The predicted octanol–water partition coefficient (Wildman–Crippen LogP) is 3.44. The molecule has 4 heteroatoms. The van der Waals surface area contributed by atoms with Crippen LogP contribution >= 0.6 is 0 Å². The second-order valence-electron chi connectivity index (χ2n) is 4.79. The molecule has 0 aliphatic rings. The Kier molecular flexibility index (Phi) is 3.29. The van der Waals surface area contributed by atoms with Gasteiger partial charge in [-0.3, -0.25) is 0 Å². The van der Waals surface area contributed by atoms with Crippen LogP contribution in [0.2, 0.25) is 0 Å². The Labute approximate surface area is 117 Å². The molecule has 102 valence electrons. The highest BCUT2D eigenvalue weighted by atomic mass is 16.3. The average Bonchev–Trinajstić information content (AvgIpc) is 2.88. The molecule has 0 atom stereocenters. The zero-order valence-corrected chi connectivity index (χ0v) is 11.4. The van der Waals surface area contributed by atoms with Crippen LogP contribution in [0.1, 0.15) is 18.3 Å². The number of imidazole rings is 1. The molecule has 3 aromatic rings. The summed E-state index contributed by atoms with van der Waals surface area (Å²) in [5, 5.41) is 12.5. The number of H-pyrrole nitrogens is 1. The molecule has 0 unspecified atom stereocenters. The first-order chi connectivity index (χ1) is 9.74. The molecule has 0 fully saturated rings. The van der Waals surface area contributed by atoms with E-state index >= 15 is 0 Å². The Hall–Kier alpha value is -2.49. The number of aromatic nitrogens is 2. The number of hydrogen-bond donors (Lipinski definition) is 3. The molecule has 0 amide bonds. The third-order valence-electron chi connectivity index (χ3n) is 3.33. The molecule has 0 aliphatic carbocycles. The predicted molar refractivity (Wildman–Crippen MR) is 80.9 cm³/mol. The van der Waals surface area contributed by atoms with Gasteiger partial charge in [-0.15, -0.1) is 0 Å². The van der Waals surface area contributed by atoms with Crippen molar-refractivity contribution in [3.8, 4) is 5.75 Å². The van der Waals surface area contributed by atoms with E-state index in [0.717, 1.165) is 29.0 Å². The van der Waals surface area contributed by atoms with E-state index in [1.807, 2.05) is 12.1 Å². The summed E-state index contributed by atoms with van der Waals surface area (Å²) >= 11 is 0. The number of hydrogen-bond acceptors (Lipinski definition) is 3. The monoisotopic (exact) mass is 267 g/mol. The van der Waals surface area contributed by atoms with Crippen molar-refractivity contribution < 1.29 is 5.11 Å². The van der Waals surface area contributed by atoms with Gasteiger partial charge in [-0.05, 0) is 48.4 Å². The quantitative estimate of drug-likeness (QED) is 0.634. The van der Waals surface area contributed by atoms with E-state index in [4.69, 9.17) is 0 Å². The Morgan fingerprint density at radius 1 is 1.15 bits per heavy atom. The number of fused-ring (bicyclic) bond motifs is 1. The van der Waals surface area contributed by atoms with Gasteiger partial charge in [0.1, 0.15) is 11.6 Å². The zero-order valence-electron chi connectivity index (χ0n) is 11.4. The lowest BCUT2D eigenvalue weighted by Crippen LogP contribution is -2.00. The van der Waals surface area contributed by atoms with Crippen LogP contribution in [0.25, 0.3) is 11.0 Å². The van der Waals surface area contributed by atoms with Crippen LogP contribution in [-0.4, -0.2) is 15.1 Å². The molecular weight excluding hydrogens is 250 g/mol. The molecule has 3 N–H and O–H groups in total. The molecule has 20 heavy (non-hydrogen) atoms. The number of aromatic hydroxyl groups is 1. The second kappa shape index (κ2) is 5.25. The standard InChI is InChI=1S/C16H17N3O/c1-2-11-3-8-14-15(9-11)19-16(18-14)10-17-12-4-6-13(20)7-5-12/h3-9,17,20H,2,10H2,1H3,(H,18,19). The van der Waals surface area contributed by atoms with Gasteiger partial charge < -0.3 is 15.4 Å². The van der Waals surface area contributed by atoms with Crippen LogP contribution in [0.15, 0.2) is 42.5 Å². The molecule has 0 aliphatic heterocycles. The Balaban J connectivity index is 1.75. The Bertz CT molecular complexity index is 716. The van der Waals surface area contributed by atoms with E-state index in [2.05, 4.69) is 40.4 Å². The summed E-state index contributed by atoms with van der Waals surface area (Å²) in [5.74, 6) is 1.17. The first-order valence-electron chi connectivity index (χ1n) is 6.75. The maximum Gasteiger partial charge on any atom is 0.126 e. The number of rotatable bonds is 4. The van der Waals surface area contributed by atoms with E-state index < -0.39 is 0 Å². The number of benzene rings is 2. The molecule has 0 saturated carbocycles. The summed E-state index contributed by atoms with van der Waals surface area (Å²) in [4.78, 5) is 7.88. The Morgan fingerprint density at radius 2 is 1.95 bits per heavy atom. The third-order valence-corrected chi connectivity index (χ3v) is 3.33. The SMILES string of the molecule is CCc1ccc2nc(CNc3ccc(O)cc3)[nH]c2c1. The molecule has 2 aromatic carbocycles. The first kappa shape index (κ1) is 12.5. The number of phenolic OH excluding ortho intramolecular Hbond substituents is 1. The summed E-state index contributed by atoms with van der Waals surface area (Å²) in [5.41, 5.74) is 4.33. The van der Waals surface area contributed by atoms with Gasteiger partial charge in [-0.2, -0.15) is 0 Å². The van der Waals surface area contributed by atoms with Gasteiger partial charge in [0.25, 0.3) is 0 Å². The minimum absolute atomic E-state index is 0.270. The van der Waals surface area contributed by atoms with Crippen LogP contribution in [-0.2, 0) is 13.0 Å². The van der Waals surface area contributed by atoms with Crippen molar-refractivity contribution in [2.45, 2.75) is 19.9 Å². The highest BCUT2D eigenvalue weighted by Gasteiger charge is 2.03. The van der Waals surface area contributed by atoms with Crippen LogP contribution in [0.4, 0.5) is 5.69 Å².